The van der Waals surface area contributed by atoms with Crippen molar-refractivity contribution < 1.29 is 4.79 Å². The lowest BCUT2D eigenvalue weighted by atomic mass is 10.2. The minimum Gasteiger partial charge on any atom is -0.338 e. The Hall–Kier alpha value is -1.58. The van der Waals surface area contributed by atoms with Crippen LogP contribution in [0.3, 0.4) is 0 Å². The summed E-state index contributed by atoms with van der Waals surface area (Å²) in [5.41, 5.74) is 0. The van der Waals surface area contributed by atoms with Crippen molar-refractivity contribution in [1.82, 2.24) is 10.3 Å². The van der Waals surface area contributed by atoms with E-state index in [0.717, 1.165) is 0 Å². The van der Waals surface area contributed by atoms with Crippen molar-refractivity contribution in [2.45, 2.75) is 13.8 Å². The summed E-state index contributed by atoms with van der Waals surface area (Å²) in [6.45, 7) is 4.75. The number of nitrogens with zero attached hydrogens (tertiary/aromatic N) is 1. The average Bonchev–Trinajstić information content (AvgIpc) is 2.16. The van der Waals surface area contributed by atoms with E-state index in [0.29, 0.717) is 18.3 Å². The normalized spacial score (nSPS) is 9.93. The van der Waals surface area contributed by atoms with Gasteiger partial charge >= 0.3 is 6.03 Å². The van der Waals surface area contributed by atoms with Gasteiger partial charge in [-0.15, -0.1) is 0 Å². The highest BCUT2D eigenvalue weighted by atomic mass is 16.2. The van der Waals surface area contributed by atoms with Crippen LogP contribution in [0.15, 0.2) is 24.4 Å². The molecule has 0 bridgehead atoms. The molecule has 0 saturated heterocycles. The molecule has 0 aliphatic carbocycles. The van der Waals surface area contributed by atoms with Crippen LogP contribution in [-0.2, 0) is 0 Å². The molecular formula is C10H15N3O. The van der Waals surface area contributed by atoms with Crippen LogP contribution in [0.2, 0.25) is 0 Å². The zero-order valence-corrected chi connectivity index (χ0v) is 8.45. The number of hydrogen-bond acceptors (Lipinski definition) is 2. The van der Waals surface area contributed by atoms with E-state index in [2.05, 4.69) is 15.6 Å². The highest BCUT2D eigenvalue weighted by molar-refractivity contribution is 5.88. The molecule has 1 aromatic heterocycles. The van der Waals surface area contributed by atoms with E-state index in [-0.39, 0.29) is 6.03 Å². The molecule has 0 aliphatic rings. The number of pyridine rings is 1. The molecular weight excluding hydrogens is 178 g/mol. The van der Waals surface area contributed by atoms with Crippen LogP contribution in [0.4, 0.5) is 10.6 Å². The lowest BCUT2D eigenvalue weighted by Crippen LogP contribution is -2.31. The molecule has 2 amide bonds. The molecule has 0 unspecified atom stereocenters. The van der Waals surface area contributed by atoms with Gasteiger partial charge in [0.05, 0.1) is 0 Å². The molecule has 4 heteroatoms. The third kappa shape index (κ3) is 3.89. The quantitative estimate of drug-likeness (QED) is 0.769. The topological polar surface area (TPSA) is 54.0 Å². The van der Waals surface area contributed by atoms with E-state index in [4.69, 9.17) is 0 Å². The fourth-order valence-electron chi connectivity index (χ4n) is 0.894. The fourth-order valence-corrected chi connectivity index (χ4v) is 0.894. The Bertz CT molecular complexity index is 285. The van der Waals surface area contributed by atoms with Gasteiger partial charge in [-0.25, -0.2) is 9.78 Å². The van der Waals surface area contributed by atoms with E-state index in [1.807, 2.05) is 19.9 Å². The van der Waals surface area contributed by atoms with Gasteiger partial charge in [-0.3, -0.25) is 5.32 Å². The van der Waals surface area contributed by atoms with Crippen molar-refractivity contribution in [3.8, 4) is 0 Å². The lowest BCUT2D eigenvalue weighted by Gasteiger charge is -2.08. The van der Waals surface area contributed by atoms with Gasteiger partial charge < -0.3 is 5.32 Å². The van der Waals surface area contributed by atoms with Crippen molar-refractivity contribution in [3.63, 3.8) is 0 Å². The molecule has 14 heavy (non-hydrogen) atoms. The first-order valence-corrected chi connectivity index (χ1v) is 4.64. The van der Waals surface area contributed by atoms with Gasteiger partial charge in [0.15, 0.2) is 0 Å². The van der Waals surface area contributed by atoms with Crippen LogP contribution in [-0.4, -0.2) is 17.6 Å². The second-order valence-corrected chi connectivity index (χ2v) is 3.44. The zero-order valence-electron chi connectivity index (χ0n) is 8.45. The first-order valence-electron chi connectivity index (χ1n) is 4.64. The number of rotatable bonds is 3. The molecule has 0 atom stereocenters. The number of urea groups is 1. The van der Waals surface area contributed by atoms with Crippen molar-refractivity contribution >= 4 is 11.8 Å². The standard InChI is InChI=1S/C10H15N3O/c1-8(2)7-12-10(14)13-9-5-3-4-6-11-9/h3-6,8H,7H2,1-2H3,(H2,11,12,13,14). The second-order valence-electron chi connectivity index (χ2n) is 3.44. The largest absolute Gasteiger partial charge is 0.338 e. The Morgan fingerprint density at radius 3 is 2.86 bits per heavy atom. The number of carbonyl (C=O) groups is 1. The summed E-state index contributed by atoms with van der Waals surface area (Å²) in [6, 6.07) is 5.16. The predicted molar refractivity (Wildman–Crippen MR) is 56.1 cm³/mol. The molecule has 76 valence electrons. The zero-order chi connectivity index (χ0) is 10.4. The fraction of sp³-hybridized carbons (Fsp3) is 0.400. The molecule has 0 aliphatic heterocycles. The summed E-state index contributed by atoms with van der Waals surface area (Å²) in [5, 5.41) is 5.38. The van der Waals surface area contributed by atoms with Crippen LogP contribution in [0, 0.1) is 5.92 Å². The number of carbonyl (C=O) groups excluding carboxylic acids is 1. The number of amides is 2. The lowest BCUT2D eigenvalue weighted by molar-refractivity contribution is 0.251. The Kier molecular flexibility index (Phi) is 3.91. The van der Waals surface area contributed by atoms with E-state index in [1.54, 1.807) is 18.3 Å². The summed E-state index contributed by atoms with van der Waals surface area (Å²) < 4.78 is 0. The highest BCUT2D eigenvalue weighted by Crippen LogP contribution is 1.98. The number of hydrogen-bond donors (Lipinski definition) is 2. The second kappa shape index (κ2) is 5.21. The number of anilines is 1. The third-order valence-electron chi connectivity index (χ3n) is 1.58. The van der Waals surface area contributed by atoms with Gasteiger partial charge in [-0.05, 0) is 18.1 Å². The Morgan fingerprint density at radius 1 is 1.50 bits per heavy atom. The van der Waals surface area contributed by atoms with Gasteiger partial charge in [0.1, 0.15) is 5.82 Å². The van der Waals surface area contributed by atoms with Gasteiger partial charge in [0.25, 0.3) is 0 Å². The Morgan fingerprint density at radius 2 is 2.29 bits per heavy atom. The maximum atomic E-state index is 11.3. The van der Waals surface area contributed by atoms with Gasteiger partial charge in [-0.2, -0.15) is 0 Å². The Labute approximate surface area is 83.7 Å². The molecule has 0 radical (unpaired) electrons. The van der Waals surface area contributed by atoms with Gasteiger partial charge in [0.2, 0.25) is 0 Å². The molecule has 0 fully saturated rings. The van der Waals surface area contributed by atoms with Gasteiger partial charge in [-0.1, -0.05) is 19.9 Å². The van der Waals surface area contributed by atoms with Crippen LogP contribution < -0.4 is 10.6 Å². The van der Waals surface area contributed by atoms with Crippen LogP contribution in [0.5, 0.6) is 0 Å². The van der Waals surface area contributed by atoms with E-state index >= 15 is 0 Å². The highest BCUT2D eigenvalue weighted by Gasteiger charge is 2.01. The monoisotopic (exact) mass is 193 g/mol. The molecule has 1 rings (SSSR count). The van der Waals surface area contributed by atoms with Crippen molar-refractivity contribution in [1.29, 1.82) is 0 Å². The van der Waals surface area contributed by atoms with Crippen molar-refractivity contribution in [2.24, 2.45) is 5.92 Å². The summed E-state index contributed by atoms with van der Waals surface area (Å²) in [5.74, 6) is 1.01. The van der Waals surface area contributed by atoms with E-state index in [1.165, 1.54) is 0 Å². The van der Waals surface area contributed by atoms with Crippen molar-refractivity contribution in [2.75, 3.05) is 11.9 Å². The minimum absolute atomic E-state index is 0.211. The summed E-state index contributed by atoms with van der Waals surface area (Å²) in [7, 11) is 0. The summed E-state index contributed by atoms with van der Waals surface area (Å²) in [4.78, 5) is 15.2. The molecule has 1 aromatic rings. The average molecular weight is 193 g/mol. The molecule has 0 spiro atoms. The molecule has 4 nitrogen and oxygen atoms in total. The minimum atomic E-state index is -0.211. The Balaban J connectivity index is 2.35. The van der Waals surface area contributed by atoms with E-state index < -0.39 is 0 Å². The molecule has 0 aromatic carbocycles. The maximum Gasteiger partial charge on any atom is 0.320 e. The molecule has 0 saturated carbocycles. The van der Waals surface area contributed by atoms with Crippen LogP contribution in [0.1, 0.15) is 13.8 Å². The van der Waals surface area contributed by atoms with Crippen LogP contribution >= 0.6 is 0 Å². The predicted octanol–water partition coefficient (Wildman–Crippen LogP) is 1.86. The third-order valence-corrected chi connectivity index (χ3v) is 1.58. The van der Waals surface area contributed by atoms with Crippen molar-refractivity contribution in [3.05, 3.63) is 24.4 Å². The number of nitrogens with one attached hydrogen (secondary N) is 2. The summed E-state index contributed by atoms with van der Waals surface area (Å²) >= 11 is 0. The smallest absolute Gasteiger partial charge is 0.320 e. The maximum absolute atomic E-state index is 11.3. The van der Waals surface area contributed by atoms with Gasteiger partial charge in [0, 0.05) is 12.7 Å². The molecule has 2 N–H and O–H groups in total. The SMILES string of the molecule is CC(C)CNC(=O)Nc1ccccn1. The first kappa shape index (κ1) is 10.5. The van der Waals surface area contributed by atoms with E-state index in [9.17, 15) is 4.79 Å². The first-order chi connectivity index (χ1) is 6.68. The summed E-state index contributed by atoms with van der Waals surface area (Å²) in [6.07, 6.45) is 1.64. The van der Waals surface area contributed by atoms with Crippen LogP contribution in [0.25, 0.3) is 0 Å². The molecule has 1 heterocycles. The number of aromatic nitrogens is 1.